The summed E-state index contributed by atoms with van der Waals surface area (Å²) in [5.41, 5.74) is 0. The summed E-state index contributed by atoms with van der Waals surface area (Å²) < 4.78 is 5.63. The number of guanidine groups is 1. The summed E-state index contributed by atoms with van der Waals surface area (Å²) in [6.07, 6.45) is 5.20. The zero-order chi connectivity index (χ0) is 16.5. The standard InChI is InChI=1S/C17H32N4O2.HI/c1-3-16(22)21-10-8-15(12-21)20-17(18-4-2)19-9-5-11-23-13-14-6-7-14;/h14-15H,3-13H2,1-2H3,(H2,18,19,20);1H. The number of likely N-dealkylation sites (tertiary alicyclic amines) is 1. The molecule has 2 aliphatic rings. The van der Waals surface area contributed by atoms with Crippen molar-refractivity contribution in [1.82, 2.24) is 15.5 Å². The van der Waals surface area contributed by atoms with Gasteiger partial charge in [-0.05, 0) is 38.5 Å². The molecule has 0 radical (unpaired) electrons. The van der Waals surface area contributed by atoms with Gasteiger partial charge >= 0.3 is 0 Å². The molecule has 1 atom stereocenters. The molecular formula is C17H33IN4O2. The number of carbonyl (C=O) groups is 1. The normalized spacial score (nSPS) is 20.7. The molecule has 24 heavy (non-hydrogen) atoms. The van der Waals surface area contributed by atoms with Crippen molar-refractivity contribution in [3.05, 3.63) is 0 Å². The second-order valence-corrected chi connectivity index (χ2v) is 6.46. The van der Waals surface area contributed by atoms with Crippen LogP contribution in [0.1, 0.15) is 46.0 Å². The van der Waals surface area contributed by atoms with Crippen molar-refractivity contribution in [2.45, 2.75) is 52.0 Å². The van der Waals surface area contributed by atoms with E-state index in [1.165, 1.54) is 12.8 Å². The molecule has 7 heteroatoms. The molecule has 1 unspecified atom stereocenters. The lowest BCUT2D eigenvalue weighted by atomic mass is 10.3. The number of ether oxygens (including phenoxy) is 1. The van der Waals surface area contributed by atoms with Gasteiger partial charge in [-0.15, -0.1) is 24.0 Å². The number of hydrogen-bond acceptors (Lipinski definition) is 3. The van der Waals surface area contributed by atoms with Crippen LogP contribution in [0.4, 0.5) is 0 Å². The average Bonchev–Trinajstić information content (AvgIpc) is 3.27. The Morgan fingerprint density at radius 3 is 2.75 bits per heavy atom. The Kier molecular flexibility index (Phi) is 10.6. The number of nitrogens with zero attached hydrogens (tertiary/aromatic N) is 2. The second kappa shape index (κ2) is 11.9. The molecule has 0 aromatic carbocycles. The van der Waals surface area contributed by atoms with E-state index in [4.69, 9.17) is 4.74 Å². The van der Waals surface area contributed by atoms with Crippen LogP contribution in [0.15, 0.2) is 4.99 Å². The van der Waals surface area contributed by atoms with Crippen LogP contribution in [-0.2, 0) is 9.53 Å². The number of aliphatic imine (C=N–C) groups is 1. The molecule has 0 aromatic heterocycles. The van der Waals surface area contributed by atoms with Gasteiger partial charge in [0.2, 0.25) is 5.91 Å². The molecule has 6 nitrogen and oxygen atoms in total. The van der Waals surface area contributed by atoms with Crippen LogP contribution in [0.25, 0.3) is 0 Å². The van der Waals surface area contributed by atoms with E-state index in [0.29, 0.717) is 12.5 Å². The Balaban J connectivity index is 0.00000288. The maximum Gasteiger partial charge on any atom is 0.222 e. The first-order valence-electron chi connectivity index (χ1n) is 9.13. The van der Waals surface area contributed by atoms with E-state index in [2.05, 4.69) is 22.5 Å². The van der Waals surface area contributed by atoms with E-state index < -0.39 is 0 Å². The van der Waals surface area contributed by atoms with Gasteiger partial charge in [0.25, 0.3) is 0 Å². The van der Waals surface area contributed by atoms with E-state index in [0.717, 1.165) is 64.1 Å². The molecule has 1 heterocycles. The fourth-order valence-electron chi connectivity index (χ4n) is 2.73. The van der Waals surface area contributed by atoms with Crippen molar-refractivity contribution in [2.75, 3.05) is 39.4 Å². The first-order chi connectivity index (χ1) is 11.2. The van der Waals surface area contributed by atoms with Crippen LogP contribution in [0.5, 0.6) is 0 Å². The molecule has 1 aliphatic heterocycles. The zero-order valence-electron chi connectivity index (χ0n) is 15.1. The third-order valence-corrected chi connectivity index (χ3v) is 4.30. The van der Waals surface area contributed by atoms with Gasteiger partial charge in [0.1, 0.15) is 0 Å². The molecule has 1 saturated carbocycles. The van der Waals surface area contributed by atoms with Crippen LogP contribution < -0.4 is 10.6 Å². The number of nitrogens with one attached hydrogen (secondary N) is 2. The molecule has 1 saturated heterocycles. The predicted octanol–water partition coefficient (Wildman–Crippen LogP) is 1.99. The van der Waals surface area contributed by atoms with Crippen molar-refractivity contribution < 1.29 is 9.53 Å². The highest BCUT2D eigenvalue weighted by molar-refractivity contribution is 14.0. The highest BCUT2D eigenvalue weighted by Crippen LogP contribution is 2.28. The Labute approximate surface area is 163 Å². The van der Waals surface area contributed by atoms with Gasteiger partial charge in [0.15, 0.2) is 5.96 Å². The molecule has 1 aliphatic carbocycles. The van der Waals surface area contributed by atoms with Crippen molar-refractivity contribution in [1.29, 1.82) is 0 Å². The van der Waals surface area contributed by atoms with Gasteiger partial charge in [0.05, 0.1) is 0 Å². The van der Waals surface area contributed by atoms with Crippen LogP contribution in [-0.4, -0.2) is 62.2 Å². The molecule has 1 amide bonds. The summed E-state index contributed by atoms with van der Waals surface area (Å²) in [7, 11) is 0. The van der Waals surface area contributed by atoms with Gasteiger partial charge in [-0.25, -0.2) is 0 Å². The molecule has 2 rings (SSSR count). The largest absolute Gasteiger partial charge is 0.381 e. The minimum Gasteiger partial charge on any atom is -0.381 e. The number of amides is 1. The zero-order valence-corrected chi connectivity index (χ0v) is 17.4. The third kappa shape index (κ3) is 8.00. The highest BCUT2D eigenvalue weighted by atomic mass is 127. The second-order valence-electron chi connectivity index (χ2n) is 6.46. The molecule has 140 valence electrons. The summed E-state index contributed by atoms with van der Waals surface area (Å²) in [5, 5.41) is 6.73. The lowest BCUT2D eigenvalue weighted by Gasteiger charge is -2.18. The fraction of sp³-hybridized carbons (Fsp3) is 0.882. The lowest BCUT2D eigenvalue weighted by molar-refractivity contribution is -0.129. The summed E-state index contributed by atoms with van der Waals surface area (Å²) in [4.78, 5) is 18.3. The minimum atomic E-state index is 0. The average molecular weight is 452 g/mol. The molecule has 0 aromatic rings. The summed E-state index contributed by atoms with van der Waals surface area (Å²) in [6.45, 7) is 8.93. The number of halogens is 1. The molecular weight excluding hydrogens is 419 g/mol. The Bertz CT molecular complexity index is 402. The molecule has 0 bridgehead atoms. The maximum absolute atomic E-state index is 11.7. The summed E-state index contributed by atoms with van der Waals surface area (Å²) in [5.74, 6) is 1.92. The van der Waals surface area contributed by atoms with E-state index in [1.54, 1.807) is 0 Å². The number of carbonyl (C=O) groups excluding carboxylic acids is 1. The van der Waals surface area contributed by atoms with E-state index >= 15 is 0 Å². The summed E-state index contributed by atoms with van der Waals surface area (Å²) >= 11 is 0. The van der Waals surface area contributed by atoms with E-state index in [-0.39, 0.29) is 29.9 Å². The quantitative estimate of drug-likeness (QED) is 0.243. The Morgan fingerprint density at radius 1 is 1.29 bits per heavy atom. The van der Waals surface area contributed by atoms with Crippen LogP contribution in [0.2, 0.25) is 0 Å². The van der Waals surface area contributed by atoms with Gasteiger partial charge in [0, 0.05) is 51.9 Å². The number of rotatable bonds is 9. The van der Waals surface area contributed by atoms with Gasteiger partial charge < -0.3 is 20.3 Å². The highest BCUT2D eigenvalue weighted by Gasteiger charge is 2.25. The molecule has 2 N–H and O–H groups in total. The van der Waals surface area contributed by atoms with Crippen molar-refractivity contribution in [2.24, 2.45) is 10.9 Å². The monoisotopic (exact) mass is 452 g/mol. The third-order valence-electron chi connectivity index (χ3n) is 4.30. The van der Waals surface area contributed by atoms with E-state index in [1.807, 2.05) is 11.8 Å². The SMILES string of the molecule is CCNC(=NCCCOCC1CC1)NC1CCN(C(=O)CC)C1.I. The summed E-state index contributed by atoms with van der Waals surface area (Å²) in [6, 6.07) is 0.300. The molecule has 0 spiro atoms. The Morgan fingerprint density at radius 2 is 2.08 bits per heavy atom. The van der Waals surface area contributed by atoms with Crippen LogP contribution in [0, 0.1) is 5.92 Å². The van der Waals surface area contributed by atoms with Crippen molar-refractivity contribution in [3.8, 4) is 0 Å². The fourth-order valence-corrected chi connectivity index (χ4v) is 2.73. The molecule has 2 fully saturated rings. The predicted molar refractivity (Wildman–Crippen MR) is 108 cm³/mol. The van der Waals surface area contributed by atoms with Crippen LogP contribution >= 0.6 is 24.0 Å². The first-order valence-corrected chi connectivity index (χ1v) is 9.13. The smallest absolute Gasteiger partial charge is 0.222 e. The van der Waals surface area contributed by atoms with Crippen LogP contribution in [0.3, 0.4) is 0 Å². The first kappa shape index (κ1) is 21.5. The van der Waals surface area contributed by atoms with E-state index in [9.17, 15) is 4.79 Å². The van der Waals surface area contributed by atoms with Gasteiger partial charge in [-0.1, -0.05) is 6.92 Å². The number of hydrogen-bond donors (Lipinski definition) is 2. The Hall–Kier alpha value is -0.570. The van der Waals surface area contributed by atoms with Crippen molar-refractivity contribution >= 4 is 35.8 Å². The maximum atomic E-state index is 11.7. The van der Waals surface area contributed by atoms with Gasteiger partial charge in [-0.2, -0.15) is 0 Å². The minimum absolute atomic E-state index is 0. The van der Waals surface area contributed by atoms with Gasteiger partial charge in [-0.3, -0.25) is 9.79 Å². The van der Waals surface area contributed by atoms with Crippen molar-refractivity contribution in [3.63, 3.8) is 0 Å². The lowest BCUT2D eigenvalue weighted by Crippen LogP contribution is -2.45. The topological polar surface area (TPSA) is 66.0 Å².